The van der Waals surface area contributed by atoms with Gasteiger partial charge < -0.3 is 19.3 Å². The Bertz CT molecular complexity index is 1300. The number of nitrogens with one attached hydrogen (secondary N) is 1. The molecule has 35 heavy (non-hydrogen) atoms. The van der Waals surface area contributed by atoms with Crippen LogP contribution >= 0.6 is 0 Å². The molecular weight excluding hydrogens is 442 g/mol. The first-order valence-corrected chi connectivity index (χ1v) is 11.9. The van der Waals surface area contributed by atoms with Gasteiger partial charge in [-0.05, 0) is 65.6 Å². The molecule has 2 heterocycles. The summed E-state index contributed by atoms with van der Waals surface area (Å²) in [5.74, 6) is 2.66. The van der Waals surface area contributed by atoms with Crippen LogP contribution in [0.1, 0.15) is 30.4 Å². The second-order valence-electron chi connectivity index (χ2n) is 8.36. The van der Waals surface area contributed by atoms with Crippen LogP contribution in [0.5, 0.6) is 11.5 Å². The summed E-state index contributed by atoms with van der Waals surface area (Å²) in [4.78, 5) is 16.7. The first-order chi connectivity index (χ1) is 17.2. The largest absolute Gasteiger partial charge is 0.494 e. The van der Waals surface area contributed by atoms with E-state index in [0.717, 1.165) is 41.2 Å². The zero-order chi connectivity index (χ0) is 24.0. The lowest BCUT2D eigenvalue weighted by Crippen LogP contribution is -2.23. The van der Waals surface area contributed by atoms with E-state index in [1.165, 1.54) is 11.1 Å². The maximum atomic E-state index is 12.3. The predicted octanol–water partition coefficient (Wildman–Crippen LogP) is 4.99. The maximum absolute atomic E-state index is 12.3. The van der Waals surface area contributed by atoms with Gasteiger partial charge in [0.05, 0.1) is 13.2 Å². The molecule has 0 spiro atoms. The SMILES string of the molecule is CCOc1ccc(-c2noc(CCC(=O)NCc3ccc(-c4ccc5c(c4)CCO5)cc3)n2)cc1. The third-order valence-corrected chi connectivity index (χ3v) is 5.92. The number of nitrogens with zero attached hydrogens (tertiary/aromatic N) is 2. The van der Waals surface area contributed by atoms with E-state index in [1.54, 1.807) is 0 Å². The number of hydrogen-bond acceptors (Lipinski definition) is 6. The number of hydrogen-bond donors (Lipinski definition) is 1. The van der Waals surface area contributed by atoms with Crippen molar-refractivity contribution in [2.24, 2.45) is 0 Å². The summed E-state index contributed by atoms with van der Waals surface area (Å²) in [6.45, 7) is 3.79. The fourth-order valence-corrected chi connectivity index (χ4v) is 4.03. The number of amides is 1. The topological polar surface area (TPSA) is 86.5 Å². The molecule has 0 saturated heterocycles. The molecule has 0 saturated carbocycles. The van der Waals surface area contributed by atoms with Gasteiger partial charge in [0.15, 0.2) is 0 Å². The van der Waals surface area contributed by atoms with Crippen LogP contribution in [-0.2, 0) is 24.2 Å². The Morgan fingerprint density at radius 2 is 1.77 bits per heavy atom. The number of ether oxygens (including phenoxy) is 2. The Hall–Kier alpha value is -4.13. The molecule has 1 aliphatic rings. The highest BCUT2D eigenvalue weighted by Crippen LogP contribution is 2.30. The lowest BCUT2D eigenvalue weighted by Gasteiger charge is -2.07. The van der Waals surface area contributed by atoms with Gasteiger partial charge in [0, 0.05) is 31.4 Å². The average Bonchev–Trinajstić information content (AvgIpc) is 3.56. The molecule has 1 aliphatic heterocycles. The van der Waals surface area contributed by atoms with E-state index < -0.39 is 0 Å². The van der Waals surface area contributed by atoms with Crippen LogP contribution in [0.15, 0.2) is 71.3 Å². The molecule has 0 atom stereocenters. The Morgan fingerprint density at radius 1 is 1.00 bits per heavy atom. The molecule has 5 rings (SSSR count). The van der Waals surface area contributed by atoms with Crippen molar-refractivity contribution >= 4 is 5.91 Å². The van der Waals surface area contributed by atoms with Crippen molar-refractivity contribution in [1.29, 1.82) is 0 Å². The molecule has 7 nitrogen and oxygen atoms in total. The number of aryl methyl sites for hydroxylation is 1. The highest BCUT2D eigenvalue weighted by Gasteiger charge is 2.13. The fraction of sp³-hybridized carbons (Fsp3) is 0.250. The molecule has 0 aliphatic carbocycles. The Labute approximate surface area is 204 Å². The maximum Gasteiger partial charge on any atom is 0.227 e. The van der Waals surface area contributed by atoms with Crippen molar-refractivity contribution in [3.63, 3.8) is 0 Å². The van der Waals surface area contributed by atoms with Gasteiger partial charge in [0.25, 0.3) is 0 Å². The van der Waals surface area contributed by atoms with Gasteiger partial charge in [-0.1, -0.05) is 35.5 Å². The average molecular weight is 470 g/mol. The summed E-state index contributed by atoms with van der Waals surface area (Å²) in [5.41, 5.74) is 5.46. The Balaban J connectivity index is 1.10. The molecule has 3 aromatic carbocycles. The van der Waals surface area contributed by atoms with Crippen molar-refractivity contribution < 1.29 is 18.8 Å². The van der Waals surface area contributed by atoms with E-state index in [-0.39, 0.29) is 12.3 Å². The van der Waals surface area contributed by atoms with Crippen molar-refractivity contribution in [2.45, 2.75) is 32.7 Å². The summed E-state index contributed by atoms with van der Waals surface area (Å²) in [6.07, 6.45) is 1.62. The van der Waals surface area contributed by atoms with E-state index in [2.05, 4.69) is 39.7 Å². The zero-order valence-electron chi connectivity index (χ0n) is 19.6. The van der Waals surface area contributed by atoms with Gasteiger partial charge in [-0.15, -0.1) is 0 Å². The van der Waals surface area contributed by atoms with Crippen LogP contribution in [-0.4, -0.2) is 29.3 Å². The molecule has 178 valence electrons. The van der Waals surface area contributed by atoms with Crippen LogP contribution in [0.3, 0.4) is 0 Å². The number of benzene rings is 3. The van der Waals surface area contributed by atoms with Gasteiger partial charge >= 0.3 is 0 Å². The van der Waals surface area contributed by atoms with Gasteiger partial charge in [-0.25, -0.2) is 0 Å². The zero-order valence-corrected chi connectivity index (χ0v) is 19.6. The van der Waals surface area contributed by atoms with E-state index >= 15 is 0 Å². The highest BCUT2D eigenvalue weighted by atomic mass is 16.5. The van der Waals surface area contributed by atoms with Crippen molar-refractivity contribution in [1.82, 2.24) is 15.5 Å². The van der Waals surface area contributed by atoms with Crippen molar-refractivity contribution in [2.75, 3.05) is 13.2 Å². The van der Waals surface area contributed by atoms with E-state index in [0.29, 0.717) is 31.3 Å². The lowest BCUT2D eigenvalue weighted by molar-refractivity contribution is -0.121. The minimum atomic E-state index is -0.0616. The van der Waals surface area contributed by atoms with Gasteiger partial charge in [0.1, 0.15) is 11.5 Å². The molecule has 1 N–H and O–H groups in total. The summed E-state index contributed by atoms with van der Waals surface area (Å²) in [6, 6.07) is 22.1. The number of fused-ring (bicyclic) bond motifs is 1. The molecule has 1 amide bonds. The summed E-state index contributed by atoms with van der Waals surface area (Å²) < 4.78 is 16.3. The van der Waals surface area contributed by atoms with Crippen molar-refractivity contribution in [3.8, 4) is 34.0 Å². The van der Waals surface area contributed by atoms with Gasteiger partial charge in [-0.3, -0.25) is 4.79 Å². The molecule has 0 radical (unpaired) electrons. The number of rotatable bonds is 9. The van der Waals surface area contributed by atoms with Gasteiger partial charge in [-0.2, -0.15) is 4.98 Å². The van der Waals surface area contributed by atoms with Crippen LogP contribution in [0.2, 0.25) is 0 Å². The smallest absolute Gasteiger partial charge is 0.227 e. The van der Waals surface area contributed by atoms with Crippen LogP contribution in [0.4, 0.5) is 0 Å². The molecule has 0 unspecified atom stereocenters. The second-order valence-corrected chi connectivity index (χ2v) is 8.36. The van der Waals surface area contributed by atoms with E-state index in [4.69, 9.17) is 14.0 Å². The normalized spacial score (nSPS) is 12.1. The minimum absolute atomic E-state index is 0.0616. The summed E-state index contributed by atoms with van der Waals surface area (Å²) in [5, 5.41) is 6.98. The fourth-order valence-electron chi connectivity index (χ4n) is 4.03. The molecule has 7 heteroatoms. The summed E-state index contributed by atoms with van der Waals surface area (Å²) in [7, 11) is 0. The van der Waals surface area contributed by atoms with Crippen LogP contribution < -0.4 is 14.8 Å². The number of carbonyl (C=O) groups is 1. The first-order valence-electron chi connectivity index (χ1n) is 11.9. The molecule has 0 bridgehead atoms. The standard InChI is InChI=1S/C28H27N3O4/c1-2-33-24-10-7-21(8-11-24)28-30-27(35-31-28)14-13-26(32)29-18-19-3-5-20(6-4-19)22-9-12-25-23(17-22)15-16-34-25/h3-12,17H,2,13-16,18H2,1H3,(H,29,32). The van der Waals surface area contributed by atoms with E-state index in [1.807, 2.05) is 49.4 Å². The van der Waals surface area contributed by atoms with Crippen LogP contribution in [0.25, 0.3) is 22.5 Å². The molecular formula is C28H27N3O4. The molecule has 1 aromatic heterocycles. The van der Waals surface area contributed by atoms with E-state index in [9.17, 15) is 4.79 Å². The first kappa shape index (κ1) is 22.7. The van der Waals surface area contributed by atoms with Crippen molar-refractivity contribution in [3.05, 3.63) is 83.7 Å². The monoisotopic (exact) mass is 469 g/mol. The van der Waals surface area contributed by atoms with Gasteiger partial charge in [0.2, 0.25) is 17.6 Å². The highest BCUT2D eigenvalue weighted by molar-refractivity contribution is 5.76. The lowest BCUT2D eigenvalue weighted by atomic mass is 10.0. The quantitative estimate of drug-likeness (QED) is 0.372. The van der Waals surface area contributed by atoms with Crippen LogP contribution in [0, 0.1) is 0 Å². The molecule has 4 aromatic rings. The second kappa shape index (κ2) is 10.4. The minimum Gasteiger partial charge on any atom is -0.494 e. The molecule has 0 fully saturated rings. The third kappa shape index (κ3) is 5.51. The summed E-state index contributed by atoms with van der Waals surface area (Å²) >= 11 is 0. The predicted molar refractivity (Wildman–Crippen MR) is 132 cm³/mol. The Morgan fingerprint density at radius 3 is 2.57 bits per heavy atom. The third-order valence-electron chi connectivity index (χ3n) is 5.92. The number of aromatic nitrogens is 2. The number of carbonyl (C=O) groups excluding carboxylic acids is 1. The Kier molecular flexibility index (Phi) is 6.75.